The van der Waals surface area contributed by atoms with E-state index in [0.29, 0.717) is 17.8 Å². The van der Waals surface area contributed by atoms with Crippen molar-refractivity contribution in [1.82, 2.24) is 5.32 Å². The molecule has 0 bridgehead atoms. The van der Waals surface area contributed by atoms with Gasteiger partial charge in [0, 0.05) is 36.1 Å². The second-order valence-electron chi connectivity index (χ2n) is 6.27. The van der Waals surface area contributed by atoms with Gasteiger partial charge in [0.15, 0.2) is 0 Å². The zero-order valence-electron chi connectivity index (χ0n) is 14.4. The van der Waals surface area contributed by atoms with Gasteiger partial charge in [-0.25, -0.2) is 0 Å². The molecule has 0 spiro atoms. The van der Waals surface area contributed by atoms with Crippen LogP contribution in [0.5, 0.6) is 0 Å². The quantitative estimate of drug-likeness (QED) is 0.662. The van der Waals surface area contributed by atoms with E-state index in [1.807, 2.05) is 18.2 Å². The molecule has 3 rings (SSSR count). The SMILES string of the molecule is C#Cc1cccc(NC(=O)C(=O)N[C@H]2CCCN(c3ccccc3)C2)c1. The molecule has 2 N–H and O–H groups in total. The van der Waals surface area contributed by atoms with E-state index in [1.165, 1.54) is 0 Å². The van der Waals surface area contributed by atoms with Gasteiger partial charge in [-0.2, -0.15) is 0 Å². The van der Waals surface area contributed by atoms with Gasteiger partial charge < -0.3 is 15.5 Å². The number of hydrogen-bond donors (Lipinski definition) is 2. The number of benzene rings is 2. The largest absolute Gasteiger partial charge is 0.369 e. The maximum atomic E-state index is 12.2. The Morgan fingerprint density at radius 1 is 1.08 bits per heavy atom. The van der Waals surface area contributed by atoms with Crippen LogP contribution in [0, 0.1) is 12.3 Å². The molecule has 0 radical (unpaired) electrons. The fourth-order valence-electron chi connectivity index (χ4n) is 3.09. The molecule has 2 aromatic carbocycles. The molecule has 1 saturated heterocycles. The molecule has 0 saturated carbocycles. The van der Waals surface area contributed by atoms with Crippen molar-refractivity contribution in [2.45, 2.75) is 18.9 Å². The van der Waals surface area contributed by atoms with Crippen LogP contribution in [0.3, 0.4) is 0 Å². The molecule has 1 atom stereocenters. The maximum absolute atomic E-state index is 12.2. The monoisotopic (exact) mass is 347 g/mol. The average molecular weight is 347 g/mol. The molecule has 26 heavy (non-hydrogen) atoms. The molecule has 0 unspecified atom stereocenters. The van der Waals surface area contributed by atoms with Crippen molar-refractivity contribution < 1.29 is 9.59 Å². The van der Waals surface area contributed by atoms with Crippen LogP contribution in [0.25, 0.3) is 0 Å². The summed E-state index contributed by atoms with van der Waals surface area (Å²) in [6.45, 7) is 1.64. The number of carbonyl (C=O) groups is 2. The first-order valence-corrected chi connectivity index (χ1v) is 8.64. The fourth-order valence-corrected chi connectivity index (χ4v) is 3.09. The van der Waals surface area contributed by atoms with Gasteiger partial charge in [0.25, 0.3) is 0 Å². The highest BCUT2D eigenvalue weighted by molar-refractivity contribution is 6.39. The highest BCUT2D eigenvalue weighted by atomic mass is 16.2. The maximum Gasteiger partial charge on any atom is 0.313 e. The Kier molecular flexibility index (Phi) is 5.55. The Morgan fingerprint density at radius 2 is 1.88 bits per heavy atom. The van der Waals surface area contributed by atoms with E-state index in [0.717, 1.165) is 25.1 Å². The normalized spacial score (nSPS) is 16.4. The minimum Gasteiger partial charge on any atom is -0.369 e. The molecule has 1 heterocycles. The van der Waals surface area contributed by atoms with E-state index in [-0.39, 0.29) is 6.04 Å². The standard InChI is InChI=1S/C21H21N3O2/c1-2-16-8-6-9-17(14-16)22-20(25)21(26)23-18-10-7-13-24(15-18)19-11-4-3-5-12-19/h1,3-6,8-9,11-12,14,18H,7,10,13,15H2,(H,22,25)(H,23,26)/t18-/m0/s1. The van der Waals surface area contributed by atoms with E-state index in [4.69, 9.17) is 6.42 Å². The molecule has 1 aliphatic heterocycles. The summed E-state index contributed by atoms with van der Waals surface area (Å²) in [6, 6.07) is 16.9. The summed E-state index contributed by atoms with van der Waals surface area (Å²) in [5, 5.41) is 5.42. The molecule has 2 amide bonds. The highest BCUT2D eigenvalue weighted by Crippen LogP contribution is 2.19. The Labute approximate surface area is 153 Å². The van der Waals surface area contributed by atoms with E-state index in [1.54, 1.807) is 24.3 Å². The molecule has 1 aliphatic rings. The van der Waals surface area contributed by atoms with Gasteiger partial charge in [0.05, 0.1) is 0 Å². The highest BCUT2D eigenvalue weighted by Gasteiger charge is 2.24. The van der Waals surface area contributed by atoms with E-state index in [2.05, 4.69) is 33.6 Å². The number of terminal acetylenes is 1. The zero-order chi connectivity index (χ0) is 18.4. The summed E-state index contributed by atoms with van der Waals surface area (Å²) in [5.41, 5.74) is 2.28. The van der Waals surface area contributed by atoms with Crippen molar-refractivity contribution >= 4 is 23.2 Å². The van der Waals surface area contributed by atoms with Crippen LogP contribution in [0.15, 0.2) is 54.6 Å². The summed E-state index contributed by atoms with van der Waals surface area (Å²) in [6.07, 6.45) is 7.17. The lowest BCUT2D eigenvalue weighted by molar-refractivity contribution is -0.136. The molecule has 132 valence electrons. The number of para-hydroxylation sites is 1. The smallest absolute Gasteiger partial charge is 0.313 e. The molecule has 0 aliphatic carbocycles. The van der Waals surface area contributed by atoms with E-state index < -0.39 is 11.8 Å². The fraction of sp³-hybridized carbons (Fsp3) is 0.238. The number of rotatable bonds is 3. The average Bonchev–Trinajstić information content (AvgIpc) is 2.69. The van der Waals surface area contributed by atoms with Gasteiger partial charge in [-0.15, -0.1) is 6.42 Å². The number of hydrogen-bond acceptors (Lipinski definition) is 3. The first kappa shape index (κ1) is 17.6. The van der Waals surface area contributed by atoms with Crippen molar-refractivity contribution in [2.24, 2.45) is 0 Å². The number of piperidine rings is 1. The van der Waals surface area contributed by atoms with Gasteiger partial charge in [-0.05, 0) is 43.2 Å². The van der Waals surface area contributed by atoms with Gasteiger partial charge >= 0.3 is 11.8 Å². The lowest BCUT2D eigenvalue weighted by Gasteiger charge is -2.34. The van der Waals surface area contributed by atoms with Crippen LogP contribution in [0.1, 0.15) is 18.4 Å². The van der Waals surface area contributed by atoms with Gasteiger partial charge in [-0.1, -0.05) is 30.2 Å². The summed E-state index contributed by atoms with van der Waals surface area (Å²) in [7, 11) is 0. The van der Waals surface area contributed by atoms with Crippen molar-refractivity contribution in [3.8, 4) is 12.3 Å². The van der Waals surface area contributed by atoms with Crippen molar-refractivity contribution in [3.05, 3.63) is 60.2 Å². The van der Waals surface area contributed by atoms with Crippen molar-refractivity contribution in [3.63, 3.8) is 0 Å². The summed E-state index contributed by atoms with van der Waals surface area (Å²) >= 11 is 0. The third-order valence-electron chi connectivity index (χ3n) is 4.37. The Balaban J connectivity index is 1.56. The number of carbonyl (C=O) groups excluding carboxylic acids is 2. The van der Waals surface area contributed by atoms with Gasteiger partial charge in [0.1, 0.15) is 0 Å². The third kappa shape index (κ3) is 4.42. The van der Waals surface area contributed by atoms with E-state index in [9.17, 15) is 9.59 Å². The topological polar surface area (TPSA) is 61.4 Å². The lowest BCUT2D eigenvalue weighted by Crippen LogP contribution is -2.50. The number of nitrogens with zero attached hydrogens (tertiary/aromatic N) is 1. The van der Waals surface area contributed by atoms with Crippen molar-refractivity contribution in [1.29, 1.82) is 0 Å². The zero-order valence-corrected chi connectivity index (χ0v) is 14.4. The third-order valence-corrected chi connectivity index (χ3v) is 4.37. The van der Waals surface area contributed by atoms with Crippen LogP contribution >= 0.6 is 0 Å². The Hall–Kier alpha value is -3.26. The first-order valence-electron chi connectivity index (χ1n) is 8.64. The Bertz CT molecular complexity index is 827. The molecule has 2 aromatic rings. The van der Waals surface area contributed by atoms with Crippen LogP contribution < -0.4 is 15.5 Å². The minimum absolute atomic E-state index is 0.0563. The van der Waals surface area contributed by atoms with Crippen LogP contribution in [0.4, 0.5) is 11.4 Å². The molecule has 5 heteroatoms. The molecule has 5 nitrogen and oxygen atoms in total. The second kappa shape index (κ2) is 8.21. The second-order valence-corrected chi connectivity index (χ2v) is 6.27. The summed E-state index contributed by atoms with van der Waals surface area (Å²) < 4.78 is 0. The van der Waals surface area contributed by atoms with Crippen LogP contribution in [0.2, 0.25) is 0 Å². The Morgan fingerprint density at radius 3 is 2.65 bits per heavy atom. The number of anilines is 2. The van der Waals surface area contributed by atoms with E-state index >= 15 is 0 Å². The summed E-state index contributed by atoms with van der Waals surface area (Å²) in [4.78, 5) is 26.6. The first-order chi connectivity index (χ1) is 12.7. The minimum atomic E-state index is -0.684. The number of nitrogens with one attached hydrogen (secondary N) is 2. The van der Waals surface area contributed by atoms with Gasteiger partial charge in [-0.3, -0.25) is 9.59 Å². The predicted molar refractivity (Wildman–Crippen MR) is 103 cm³/mol. The molecular formula is C21H21N3O2. The molecule has 1 fully saturated rings. The molecular weight excluding hydrogens is 326 g/mol. The van der Waals surface area contributed by atoms with Crippen LogP contribution in [-0.2, 0) is 9.59 Å². The predicted octanol–water partition coefficient (Wildman–Crippen LogP) is 2.39. The molecule has 0 aromatic heterocycles. The van der Waals surface area contributed by atoms with Gasteiger partial charge in [0.2, 0.25) is 0 Å². The number of amides is 2. The summed E-state index contributed by atoms with van der Waals surface area (Å²) in [5.74, 6) is 1.19. The van der Waals surface area contributed by atoms with Crippen molar-refractivity contribution in [2.75, 3.05) is 23.3 Å². The van der Waals surface area contributed by atoms with Crippen LogP contribution in [-0.4, -0.2) is 30.9 Å². The lowest BCUT2D eigenvalue weighted by atomic mass is 10.0.